The molecule has 0 unspecified atom stereocenters. The van der Waals surface area contributed by atoms with Gasteiger partial charge in [0, 0.05) is 19.1 Å². The van der Waals surface area contributed by atoms with Crippen molar-refractivity contribution in [2.24, 2.45) is 0 Å². The highest BCUT2D eigenvalue weighted by atomic mass is 32.2. The minimum atomic E-state index is -0.0216. The number of rotatable bonds is 6. The first-order chi connectivity index (χ1) is 9.31. The van der Waals surface area contributed by atoms with E-state index in [1.807, 2.05) is 0 Å². The number of ether oxygens (including phenoxy) is 1. The van der Waals surface area contributed by atoms with Crippen molar-refractivity contribution in [1.29, 1.82) is 0 Å². The second kappa shape index (κ2) is 5.92. The maximum Gasteiger partial charge on any atom is 0.277 e. The highest BCUT2D eigenvalue weighted by Crippen LogP contribution is 2.39. The van der Waals surface area contributed by atoms with Gasteiger partial charge in [-0.15, -0.1) is 10.2 Å². The SMILES string of the molecule is O=C(CSc1nnc(C2CC2)o1)NC[C@@H]1CCCO1. The number of hydrogen-bond acceptors (Lipinski definition) is 6. The van der Waals surface area contributed by atoms with Gasteiger partial charge in [-0.2, -0.15) is 0 Å². The summed E-state index contributed by atoms with van der Waals surface area (Å²) in [6.07, 6.45) is 4.56. The smallest absolute Gasteiger partial charge is 0.277 e. The van der Waals surface area contributed by atoms with Crippen molar-refractivity contribution < 1.29 is 13.9 Å². The third kappa shape index (κ3) is 3.70. The first kappa shape index (κ1) is 12.9. The van der Waals surface area contributed by atoms with E-state index in [-0.39, 0.29) is 12.0 Å². The monoisotopic (exact) mass is 283 g/mol. The Hall–Kier alpha value is -1.08. The van der Waals surface area contributed by atoms with Crippen molar-refractivity contribution in [2.45, 2.75) is 42.9 Å². The van der Waals surface area contributed by atoms with Gasteiger partial charge >= 0.3 is 0 Å². The molecule has 1 atom stereocenters. The van der Waals surface area contributed by atoms with E-state index in [4.69, 9.17) is 9.15 Å². The summed E-state index contributed by atoms with van der Waals surface area (Å²) in [5, 5.41) is 11.2. The molecule has 2 aliphatic rings. The van der Waals surface area contributed by atoms with Gasteiger partial charge in [-0.05, 0) is 25.7 Å². The second-order valence-corrected chi connectivity index (χ2v) is 5.83. The molecule has 0 aromatic carbocycles. The molecule has 1 amide bonds. The van der Waals surface area contributed by atoms with Gasteiger partial charge in [-0.1, -0.05) is 11.8 Å². The Morgan fingerprint density at radius 3 is 3.00 bits per heavy atom. The van der Waals surface area contributed by atoms with Crippen LogP contribution in [-0.2, 0) is 9.53 Å². The minimum Gasteiger partial charge on any atom is -0.416 e. The van der Waals surface area contributed by atoms with E-state index < -0.39 is 0 Å². The third-order valence-electron chi connectivity index (χ3n) is 3.23. The number of aromatic nitrogens is 2. The maximum absolute atomic E-state index is 11.6. The van der Waals surface area contributed by atoms with Gasteiger partial charge in [-0.25, -0.2) is 0 Å². The van der Waals surface area contributed by atoms with Crippen LogP contribution in [0.5, 0.6) is 0 Å². The standard InChI is InChI=1S/C12H17N3O3S/c16-10(13-6-9-2-1-5-17-9)7-19-12-15-14-11(18-12)8-3-4-8/h8-9H,1-7H2,(H,13,16)/t9-/m0/s1. The van der Waals surface area contributed by atoms with Crippen LogP contribution in [0.1, 0.15) is 37.5 Å². The van der Waals surface area contributed by atoms with Crippen molar-refractivity contribution in [3.63, 3.8) is 0 Å². The fraction of sp³-hybridized carbons (Fsp3) is 0.750. The average Bonchev–Trinajstić information content (AvgIpc) is 2.95. The van der Waals surface area contributed by atoms with Crippen LogP contribution in [-0.4, -0.2) is 41.1 Å². The summed E-state index contributed by atoms with van der Waals surface area (Å²) >= 11 is 1.28. The number of nitrogens with one attached hydrogen (secondary N) is 1. The first-order valence-electron chi connectivity index (χ1n) is 6.66. The van der Waals surface area contributed by atoms with Gasteiger partial charge in [0.15, 0.2) is 0 Å². The van der Waals surface area contributed by atoms with E-state index in [9.17, 15) is 4.79 Å². The fourth-order valence-corrected chi connectivity index (χ4v) is 2.58. The molecule has 7 heteroatoms. The lowest BCUT2D eigenvalue weighted by atomic mass is 10.2. The molecular formula is C12H17N3O3S. The Kier molecular flexibility index (Phi) is 4.03. The molecule has 0 spiro atoms. The molecule has 19 heavy (non-hydrogen) atoms. The fourth-order valence-electron chi connectivity index (χ4n) is 1.99. The number of thioether (sulfide) groups is 1. The van der Waals surface area contributed by atoms with E-state index in [1.165, 1.54) is 11.8 Å². The summed E-state index contributed by atoms with van der Waals surface area (Å²) < 4.78 is 10.9. The molecule has 6 nitrogen and oxygen atoms in total. The van der Waals surface area contributed by atoms with Crippen LogP contribution >= 0.6 is 11.8 Å². The molecule has 1 saturated carbocycles. The molecule has 1 aliphatic carbocycles. The Balaban J connectivity index is 1.36. The predicted octanol–water partition coefficient (Wildman–Crippen LogP) is 1.33. The predicted molar refractivity (Wildman–Crippen MR) is 69.0 cm³/mol. The summed E-state index contributed by atoms with van der Waals surface area (Å²) in [5.41, 5.74) is 0. The molecule has 3 rings (SSSR count). The van der Waals surface area contributed by atoms with Gasteiger partial charge in [0.05, 0.1) is 11.9 Å². The summed E-state index contributed by atoms with van der Waals surface area (Å²) in [4.78, 5) is 11.6. The molecular weight excluding hydrogens is 266 g/mol. The average molecular weight is 283 g/mol. The van der Waals surface area contributed by atoms with Crippen LogP contribution in [0.3, 0.4) is 0 Å². The molecule has 0 bridgehead atoms. The van der Waals surface area contributed by atoms with Crippen molar-refractivity contribution in [2.75, 3.05) is 18.9 Å². The Bertz CT molecular complexity index is 441. The number of carbonyl (C=O) groups excluding carboxylic acids is 1. The van der Waals surface area contributed by atoms with Crippen molar-refractivity contribution in [3.05, 3.63) is 5.89 Å². The number of carbonyl (C=O) groups is 1. The van der Waals surface area contributed by atoms with Crippen LogP contribution < -0.4 is 5.32 Å². The lowest BCUT2D eigenvalue weighted by Crippen LogP contribution is -2.32. The Labute approximate surface area is 115 Å². The highest BCUT2D eigenvalue weighted by molar-refractivity contribution is 7.99. The van der Waals surface area contributed by atoms with Crippen LogP contribution in [0, 0.1) is 0 Å². The zero-order valence-corrected chi connectivity index (χ0v) is 11.4. The molecule has 1 N–H and O–H groups in total. The molecule has 2 fully saturated rings. The third-order valence-corrected chi connectivity index (χ3v) is 4.04. The first-order valence-corrected chi connectivity index (χ1v) is 7.64. The normalized spacial score (nSPS) is 22.6. The van der Waals surface area contributed by atoms with Crippen LogP contribution in [0.25, 0.3) is 0 Å². The summed E-state index contributed by atoms with van der Waals surface area (Å²) in [7, 11) is 0. The van der Waals surface area contributed by atoms with Gasteiger partial charge in [0.1, 0.15) is 0 Å². The molecule has 0 radical (unpaired) electrons. The van der Waals surface area contributed by atoms with E-state index >= 15 is 0 Å². The minimum absolute atomic E-state index is 0.0216. The quantitative estimate of drug-likeness (QED) is 0.794. The van der Waals surface area contributed by atoms with Crippen LogP contribution in [0.15, 0.2) is 9.64 Å². The Morgan fingerprint density at radius 1 is 1.37 bits per heavy atom. The zero-order chi connectivity index (χ0) is 13.1. The van der Waals surface area contributed by atoms with Gasteiger partial charge in [0.25, 0.3) is 5.22 Å². The summed E-state index contributed by atoms with van der Waals surface area (Å²) in [6, 6.07) is 0. The summed E-state index contributed by atoms with van der Waals surface area (Å²) in [5.74, 6) is 1.45. The highest BCUT2D eigenvalue weighted by Gasteiger charge is 2.29. The zero-order valence-electron chi connectivity index (χ0n) is 10.6. The number of nitrogens with zero attached hydrogens (tertiary/aromatic N) is 2. The molecule has 1 aromatic rings. The molecule has 2 heterocycles. The number of hydrogen-bond donors (Lipinski definition) is 1. The molecule has 1 saturated heterocycles. The largest absolute Gasteiger partial charge is 0.416 e. The van der Waals surface area contributed by atoms with E-state index in [0.29, 0.717) is 29.3 Å². The van der Waals surface area contributed by atoms with Gasteiger partial charge in [-0.3, -0.25) is 4.79 Å². The van der Waals surface area contributed by atoms with Gasteiger partial charge < -0.3 is 14.5 Å². The van der Waals surface area contributed by atoms with E-state index in [2.05, 4.69) is 15.5 Å². The van der Waals surface area contributed by atoms with Gasteiger partial charge in [0.2, 0.25) is 11.8 Å². The summed E-state index contributed by atoms with van der Waals surface area (Å²) in [6.45, 7) is 1.40. The maximum atomic E-state index is 11.6. The van der Waals surface area contributed by atoms with Crippen LogP contribution in [0.2, 0.25) is 0 Å². The lowest BCUT2D eigenvalue weighted by molar-refractivity contribution is -0.119. The molecule has 1 aromatic heterocycles. The lowest BCUT2D eigenvalue weighted by Gasteiger charge is -2.09. The van der Waals surface area contributed by atoms with Crippen LogP contribution in [0.4, 0.5) is 0 Å². The molecule has 1 aliphatic heterocycles. The Morgan fingerprint density at radius 2 is 2.26 bits per heavy atom. The van der Waals surface area contributed by atoms with E-state index in [0.717, 1.165) is 32.3 Å². The van der Waals surface area contributed by atoms with E-state index in [1.54, 1.807) is 0 Å². The number of amides is 1. The molecule has 104 valence electrons. The van der Waals surface area contributed by atoms with Crippen molar-refractivity contribution in [1.82, 2.24) is 15.5 Å². The second-order valence-electron chi connectivity index (χ2n) is 4.91. The van der Waals surface area contributed by atoms with Crippen molar-refractivity contribution >= 4 is 17.7 Å². The van der Waals surface area contributed by atoms with Crippen molar-refractivity contribution in [3.8, 4) is 0 Å². The topological polar surface area (TPSA) is 77.2 Å².